The van der Waals surface area contributed by atoms with Crippen molar-refractivity contribution in [3.63, 3.8) is 0 Å². The predicted molar refractivity (Wildman–Crippen MR) is 157 cm³/mol. The van der Waals surface area contributed by atoms with E-state index in [1.165, 1.54) is 44.8 Å². The van der Waals surface area contributed by atoms with Crippen LogP contribution < -0.4 is 44.6 Å². The van der Waals surface area contributed by atoms with E-state index >= 15 is 0 Å². The van der Waals surface area contributed by atoms with Gasteiger partial charge in [0.1, 0.15) is 0 Å². The fourth-order valence-electron chi connectivity index (χ4n) is 5.09. The normalized spacial score (nSPS) is 10.6. The summed E-state index contributed by atoms with van der Waals surface area (Å²) in [5, 5.41) is 7.54. The largest absolute Gasteiger partial charge is 2.00 e. The maximum absolute atomic E-state index is 4.59. The molecule has 0 saturated carbocycles. The Morgan fingerprint density at radius 1 is 0.718 bits per heavy atom. The van der Waals surface area contributed by atoms with Crippen molar-refractivity contribution in [3.05, 3.63) is 87.7 Å². The number of halogens is 2. The van der Waals surface area contributed by atoms with Gasteiger partial charge in [0.25, 0.3) is 0 Å². The van der Waals surface area contributed by atoms with Gasteiger partial charge < -0.3 is 44.6 Å². The summed E-state index contributed by atoms with van der Waals surface area (Å²) in [5.74, 6) is 0.972. The number of aryl methyl sites for hydroxylation is 4. The number of benzene rings is 2. The summed E-state index contributed by atoms with van der Waals surface area (Å²) in [4.78, 5) is 7.09. The second kappa shape index (κ2) is 18.1. The quantitative estimate of drug-likeness (QED) is 0.301. The molecule has 0 aliphatic heterocycles. The number of nitrogens with one attached hydrogen (secondary N) is 2. The van der Waals surface area contributed by atoms with Crippen molar-refractivity contribution in [1.29, 1.82) is 0 Å². The van der Waals surface area contributed by atoms with E-state index in [1.54, 1.807) is 0 Å². The molecule has 0 atom stereocenters. The Kier molecular flexibility index (Phi) is 17.5. The molecule has 7 heteroatoms. The molecule has 0 unspecified atom stereocenters. The molecule has 0 fully saturated rings. The first-order valence-electron chi connectivity index (χ1n) is 13.5. The summed E-state index contributed by atoms with van der Waals surface area (Å²) in [5.41, 5.74) is 11.8. The molecule has 2 aromatic carbocycles. The van der Waals surface area contributed by atoms with Crippen LogP contribution in [-0.4, -0.2) is 36.1 Å². The summed E-state index contributed by atoms with van der Waals surface area (Å²) in [7, 11) is 0. The van der Waals surface area contributed by atoms with Crippen LogP contribution in [0.15, 0.2) is 48.7 Å². The van der Waals surface area contributed by atoms with E-state index in [9.17, 15) is 0 Å². The summed E-state index contributed by atoms with van der Waals surface area (Å²) < 4.78 is 0. The zero-order valence-corrected chi connectivity index (χ0v) is 29.0. The summed E-state index contributed by atoms with van der Waals surface area (Å²) in [6.07, 6.45) is 1.89. The van der Waals surface area contributed by atoms with Crippen molar-refractivity contribution in [1.82, 2.24) is 9.88 Å². The van der Waals surface area contributed by atoms with Gasteiger partial charge in [0.15, 0.2) is 0 Å². The van der Waals surface area contributed by atoms with Crippen LogP contribution in [-0.2, 0) is 23.3 Å². The third-order valence-electron chi connectivity index (χ3n) is 6.84. The Morgan fingerprint density at radius 2 is 1.21 bits per heavy atom. The predicted octanol–water partition coefficient (Wildman–Crippen LogP) is 1.59. The van der Waals surface area contributed by atoms with E-state index in [-0.39, 0.29) is 50.7 Å². The van der Waals surface area contributed by atoms with E-state index in [1.807, 2.05) is 12.3 Å². The van der Waals surface area contributed by atoms with E-state index in [0.717, 1.165) is 38.4 Å². The maximum Gasteiger partial charge on any atom is 2.00 e. The molecule has 0 aliphatic carbocycles. The summed E-state index contributed by atoms with van der Waals surface area (Å²) in [6.45, 7) is 22.5. The minimum absolute atomic E-state index is 0. The van der Waals surface area contributed by atoms with Gasteiger partial charge in [-0.2, -0.15) is 0 Å². The first-order valence-corrected chi connectivity index (χ1v) is 13.5. The van der Waals surface area contributed by atoms with Crippen molar-refractivity contribution in [3.8, 4) is 0 Å². The Hall–Kier alpha value is -1.38. The fourth-order valence-corrected chi connectivity index (χ4v) is 5.09. The third kappa shape index (κ3) is 11.2. The molecule has 4 nitrogen and oxygen atoms in total. The zero-order chi connectivity index (χ0) is 26.2. The van der Waals surface area contributed by atoms with Crippen LogP contribution in [0.2, 0.25) is 0 Å². The van der Waals surface area contributed by atoms with Crippen LogP contribution in [0.25, 0.3) is 0 Å². The molecule has 0 aliphatic rings. The number of pyridine rings is 1. The molecular weight excluding hydrogens is 659 g/mol. The molecule has 1 aromatic heterocycles. The smallest absolute Gasteiger partial charge is 1.00 e. The maximum atomic E-state index is 4.59. The van der Waals surface area contributed by atoms with Crippen LogP contribution in [0.4, 0.5) is 11.4 Å². The molecule has 1 radical (unpaired) electrons. The average Bonchev–Trinajstić information content (AvgIpc) is 2.81. The SMILES string of the molecule is Cc1cc(C)c(NCCN(CCNc2c(C(C)C)cc(C)cc2C(C)C)Cc2ccccn2)c(C)c1.[Br-].[Br-].[Co+2]. The minimum atomic E-state index is 0. The number of rotatable bonds is 12. The van der Waals surface area contributed by atoms with Crippen LogP contribution in [0.5, 0.6) is 0 Å². The number of hydrogen-bond acceptors (Lipinski definition) is 4. The van der Waals surface area contributed by atoms with Crippen molar-refractivity contribution >= 4 is 11.4 Å². The average molecular weight is 705 g/mol. The standard InChI is InChI=1S/C32H46N4.2BrH.Co/c1-22(2)29-19-25(6)20-30(23(3)4)32(29)35-14-16-36(21-28-11-9-10-12-33-28)15-13-34-31-26(7)17-24(5)18-27(31)8;;;/h9-12,17-20,22-23,34-35H,13-16,21H2,1-8H3;2*1H;/q;;;+2/p-2. The van der Waals surface area contributed by atoms with E-state index < -0.39 is 0 Å². The van der Waals surface area contributed by atoms with Gasteiger partial charge in [0, 0.05) is 50.3 Å². The number of aromatic nitrogens is 1. The Bertz CT molecular complexity index is 1080. The molecule has 0 saturated heterocycles. The number of hydrogen-bond donors (Lipinski definition) is 2. The molecule has 0 spiro atoms. The van der Waals surface area contributed by atoms with E-state index in [0.29, 0.717) is 11.8 Å². The molecule has 3 aromatic rings. The molecule has 0 amide bonds. The number of nitrogens with zero attached hydrogens (tertiary/aromatic N) is 2. The van der Waals surface area contributed by atoms with Gasteiger partial charge in [-0.05, 0) is 73.9 Å². The molecule has 3 rings (SSSR count). The van der Waals surface area contributed by atoms with Crippen LogP contribution in [0.1, 0.15) is 78.6 Å². The molecule has 39 heavy (non-hydrogen) atoms. The first-order chi connectivity index (χ1) is 17.2. The fraction of sp³-hybridized carbons (Fsp3) is 0.469. The van der Waals surface area contributed by atoms with Crippen LogP contribution in [0, 0.1) is 27.7 Å². The van der Waals surface area contributed by atoms with Crippen molar-refractivity contribution in [2.45, 2.75) is 73.8 Å². The van der Waals surface area contributed by atoms with Gasteiger partial charge in [-0.25, -0.2) is 0 Å². The first kappa shape index (κ1) is 37.6. The molecule has 1 heterocycles. The monoisotopic (exact) mass is 703 g/mol. The summed E-state index contributed by atoms with van der Waals surface area (Å²) >= 11 is 0. The minimum Gasteiger partial charge on any atom is -1.00 e. The van der Waals surface area contributed by atoms with Gasteiger partial charge in [-0.3, -0.25) is 9.88 Å². The number of anilines is 2. The Morgan fingerprint density at radius 3 is 1.67 bits per heavy atom. The summed E-state index contributed by atoms with van der Waals surface area (Å²) in [6, 6.07) is 15.4. The van der Waals surface area contributed by atoms with E-state index in [4.69, 9.17) is 0 Å². The zero-order valence-electron chi connectivity index (χ0n) is 24.8. The van der Waals surface area contributed by atoms with Crippen molar-refractivity contribution in [2.75, 3.05) is 36.8 Å². The molecule has 0 bridgehead atoms. The third-order valence-corrected chi connectivity index (χ3v) is 6.84. The molecule has 2 N–H and O–H groups in total. The van der Waals surface area contributed by atoms with Gasteiger partial charge >= 0.3 is 16.8 Å². The molecular formula is C32H46Br2CoN4. The topological polar surface area (TPSA) is 40.2 Å². The van der Waals surface area contributed by atoms with Gasteiger partial charge in [-0.1, -0.05) is 69.2 Å². The van der Waals surface area contributed by atoms with Crippen molar-refractivity contribution in [2.24, 2.45) is 0 Å². The van der Waals surface area contributed by atoms with Crippen molar-refractivity contribution < 1.29 is 50.7 Å². The van der Waals surface area contributed by atoms with Gasteiger partial charge in [-0.15, -0.1) is 0 Å². The Balaban J connectivity index is 0.00000481. The van der Waals surface area contributed by atoms with E-state index in [2.05, 4.69) is 112 Å². The second-order valence-corrected chi connectivity index (χ2v) is 10.9. The van der Waals surface area contributed by atoms with Crippen LogP contribution in [0.3, 0.4) is 0 Å². The van der Waals surface area contributed by atoms with Gasteiger partial charge in [0.05, 0.1) is 5.69 Å². The Labute approximate surface area is 268 Å². The second-order valence-electron chi connectivity index (χ2n) is 10.9. The molecule has 217 valence electrons. The van der Waals surface area contributed by atoms with Crippen LogP contribution >= 0.6 is 0 Å². The van der Waals surface area contributed by atoms with Gasteiger partial charge in [0.2, 0.25) is 0 Å².